The number of ether oxygens (including phenoxy) is 1. The molecule has 5 nitrogen and oxygen atoms in total. The first kappa shape index (κ1) is 12.3. The average Bonchev–Trinajstić information content (AvgIpc) is 2.28. The average molecular weight is 223 g/mol. The zero-order valence-corrected chi connectivity index (χ0v) is 9.06. The molecule has 16 heavy (non-hydrogen) atoms. The van der Waals surface area contributed by atoms with Gasteiger partial charge in [0.15, 0.2) is 0 Å². The monoisotopic (exact) mass is 223 g/mol. The third kappa shape index (κ3) is 2.64. The van der Waals surface area contributed by atoms with Crippen molar-refractivity contribution >= 4 is 6.09 Å². The van der Waals surface area contributed by atoms with Gasteiger partial charge in [0, 0.05) is 0 Å². The Balaban J connectivity index is 3.06. The lowest BCUT2D eigenvalue weighted by molar-refractivity contribution is 0.177. The van der Waals surface area contributed by atoms with Crippen molar-refractivity contribution in [3.63, 3.8) is 0 Å². The normalized spacial score (nSPS) is 13.9. The Morgan fingerprint density at radius 3 is 2.88 bits per heavy atom. The van der Waals surface area contributed by atoms with Crippen LogP contribution in [0, 0.1) is 6.92 Å². The van der Waals surface area contributed by atoms with Crippen molar-refractivity contribution < 1.29 is 14.6 Å². The largest absolute Gasteiger partial charge is 0.497 e. The second-order valence-corrected chi connectivity index (χ2v) is 3.38. The van der Waals surface area contributed by atoms with Crippen molar-refractivity contribution in [3.8, 4) is 5.75 Å². The van der Waals surface area contributed by atoms with Gasteiger partial charge < -0.3 is 15.6 Å². The molecule has 1 atom stereocenters. The summed E-state index contributed by atoms with van der Waals surface area (Å²) in [6.45, 7) is 3.65. The number of benzene rings is 1. The van der Waals surface area contributed by atoms with Gasteiger partial charge in [-0.3, -0.25) is 5.32 Å². The molecule has 87 valence electrons. The third-order valence-electron chi connectivity index (χ3n) is 2.31. The number of rotatable bonds is 4. The molecule has 0 aromatic heterocycles. The molecule has 0 aliphatic carbocycles. The molecular weight excluding hydrogens is 208 g/mol. The van der Waals surface area contributed by atoms with Gasteiger partial charge in [0.25, 0.3) is 0 Å². The van der Waals surface area contributed by atoms with Crippen LogP contribution in [-0.4, -0.2) is 18.3 Å². The zero-order chi connectivity index (χ0) is 12.2. The summed E-state index contributed by atoms with van der Waals surface area (Å²) in [7, 11) is 1.53. The number of amides is 1. The number of carboxylic acid groups (broad SMARTS) is 1. The van der Waals surface area contributed by atoms with E-state index in [9.17, 15) is 4.79 Å². The fraction of sp³-hybridized carbons (Fsp3) is 0.273. The molecule has 0 saturated heterocycles. The molecule has 0 saturated carbocycles. The molecule has 1 unspecified atom stereocenters. The molecule has 0 spiro atoms. The third-order valence-corrected chi connectivity index (χ3v) is 2.31. The molecule has 0 heterocycles. The Morgan fingerprint density at radius 2 is 2.38 bits per heavy atom. The first-order chi connectivity index (χ1) is 7.51. The van der Waals surface area contributed by atoms with E-state index in [4.69, 9.17) is 15.6 Å². The van der Waals surface area contributed by atoms with Crippen LogP contribution < -0.4 is 15.8 Å². The quantitative estimate of drug-likeness (QED) is 0.672. The molecule has 0 bridgehead atoms. The summed E-state index contributed by atoms with van der Waals surface area (Å²) in [6.07, 6.45) is -0.985. The van der Waals surface area contributed by atoms with Gasteiger partial charge in [-0.2, -0.15) is 0 Å². The molecular formula is C11H15N2O3. The summed E-state index contributed by atoms with van der Waals surface area (Å²) < 4.78 is 5.05. The van der Waals surface area contributed by atoms with E-state index in [-0.39, 0.29) is 6.42 Å². The maximum Gasteiger partial charge on any atom is 0.406 e. The van der Waals surface area contributed by atoms with E-state index < -0.39 is 11.8 Å². The lowest BCUT2D eigenvalue weighted by Crippen LogP contribution is -2.52. The van der Waals surface area contributed by atoms with Gasteiger partial charge in [0.05, 0.1) is 7.11 Å². The standard InChI is InChI=1S/C11H15N2O3/c1-3-11(12,13-10(14)15)8-5-4-6-9(7-8)16-2/h4-7,13H,1,3,12H2,2H3,(H,14,15). The molecule has 0 aliphatic heterocycles. The van der Waals surface area contributed by atoms with Crippen LogP contribution >= 0.6 is 0 Å². The Kier molecular flexibility index (Phi) is 3.73. The van der Waals surface area contributed by atoms with Gasteiger partial charge in [-0.25, -0.2) is 4.79 Å². The number of carbonyl (C=O) groups is 1. The Labute approximate surface area is 94.2 Å². The van der Waals surface area contributed by atoms with Gasteiger partial charge in [-0.15, -0.1) is 0 Å². The molecule has 4 N–H and O–H groups in total. The van der Waals surface area contributed by atoms with Gasteiger partial charge >= 0.3 is 6.09 Å². The van der Waals surface area contributed by atoms with Crippen molar-refractivity contribution in [2.24, 2.45) is 5.73 Å². The minimum atomic E-state index is -1.19. The van der Waals surface area contributed by atoms with Crippen molar-refractivity contribution in [2.75, 3.05) is 7.11 Å². The molecule has 0 aliphatic rings. The second kappa shape index (κ2) is 4.85. The molecule has 5 heteroatoms. The highest BCUT2D eigenvalue weighted by atomic mass is 16.5. The maximum atomic E-state index is 10.7. The van der Waals surface area contributed by atoms with Crippen LogP contribution in [0.1, 0.15) is 12.0 Å². The predicted octanol–water partition coefficient (Wildman–Crippen LogP) is 1.30. The molecule has 1 amide bonds. The first-order valence-corrected chi connectivity index (χ1v) is 4.75. The molecule has 1 radical (unpaired) electrons. The number of nitrogens with two attached hydrogens (primary N) is 1. The highest BCUT2D eigenvalue weighted by Crippen LogP contribution is 2.23. The van der Waals surface area contributed by atoms with Crippen molar-refractivity contribution in [3.05, 3.63) is 36.8 Å². The van der Waals surface area contributed by atoms with E-state index in [1.165, 1.54) is 7.11 Å². The number of nitrogens with one attached hydrogen (secondary N) is 1. The highest BCUT2D eigenvalue weighted by Gasteiger charge is 2.27. The van der Waals surface area contributed by atoms with Crippen LogP contribution in [0.2, 0.25) is 0 Å². The van der Waals surface area contributed by atoms with E-state index in [2.05, 4.69) is 12.2 Å². The van der Waals surface area contributed by atoms with Crippen LogP contribution in [0.4, 0.5) is 4.79 Å². The summed E-state index contributed by atoms with van der Waals surface area (Å²) in [4.78, 5) is 10.7. The minimum Gasteiger partial charge on any atom is -0.497 e. The summed E-state index contributed by atoms with van der Waals surface area (Å²) in [5.41, 5.74) is 5.35. The Morgan fingerprint density at radius 1 is 1.69 bits per heavy atom. The van der Waals surface area contributed by atoms with Gasteiger partial charge in [-0.05, 0) is 31.0 Å². The number of hydrogen-bond acceptors (Lipinski definition) is 3. The fourth-order valence-electron chi connectivity index (χ4n) is 1.37. The summed E-state index contributed by atoms with van der Waals surface area (Å²) >= 11 is 0. The molecule has 1 aromatic carbocycles. The minimum absolute atomic E-state index is 0.201. The lowest BCUT2D eigenvalue weighted by Gasteiger charge is -2.28. The summed E-state index contributed by atoms with van der Waals surface area (Å²) in [5.74, 6) is 0.618. The van der Waals surface area contributed by atoms with E-state index in [0.717, 1.165) is 0 Å². The topological polar surface area (TPSA) is 84.6 Å². The maximum absolute atomic E-state index is 10.7. The van der Waals surface area contributed by atoms with Crippen LogP contribution in [0.5, 0.6) is 5.75 Å². The Bertz CT molecular complexity index is 381. The van der Waals surface area contributed by atoms with E-state index >= 15 is 0 Å². The van der Waals surface area contributed by atoms with E-state index in [1.807, 2.05) is 0 Å². The number of methoxy groups -OCH3 is 1. The number of hydrogen-bond donors (Lipinski definition) is 3. The SMILES string of the molecule is [CH2]CC(N)(NC(=O)O)c1cccc(OC)c1. The van der Waals surface area contributed by atoms with Gasteiger partial charge in [-0.1, -0.05) is 12.1 Å². The van der Waals surface area contributed by atoms with Crippen molar-refractivity contribution in [1.82, 2.24) is 5.32 Å². The predicted molar refractivity (Wildman–Crippen MR) is 60.0 cm³/mol. The van der Waals surface area contributed by atoms with E-state index in [1.54, 1.807) is 24.3 Å². The van der Waals surface area contributed by atoms with Crippen LogP contribution in [-0.2, 0) is 5.66 Å². The molecule has 1 rings (SSSR count). The van der Waals surface area contributed by atoms with Gasteiger partial charge in [0.2, 0.25) is 0 Å². The molecule has 1 aromatic rings. The zero-order valence-electron chi connectivity index (χ0n) is 9.06. The first-order valence-electron chi connectivity index (χ1n) is 4.75. The Hall–Kier alpha value is -1.75. The van der Waals surface area contributed by atoms with E-state index in [0.29, 0.717) is 11.3 Å². The van der Waals surface area contributed by atoms with Crippen molar-refractivity contribution in [1.29, 1.82) is 0 Å². The smallest absolute Gasteiger partial charge is 0.406 e. The fourth-order valence-corrected chi connectivity index (χ4v) is 1.37. The van der Waals surface area contributed by atoms with Crippen LogP contribution in [0.25, 0.3) is 0 Å². The second-order valence-electron chi connectivity index (χ2n) is 3.38. The van der Waals surface area contributed by atoms with Crippen molar-refractivity contribution in [2.45, 2.75) is 12.1 Å². The van der Waals surface area contributed by atoms with Crippen LogP contribution in [0.15, 0.2) is 24.3 Å². The summed E-state index contributed by atoms with van der Waals surface area (Å²) in [5, 5.41) is 11.0. The lowest BCUT2D eigenvalue weighted by atomic mass is 9.97. The van der Waals surface area contributed by atoms with Gasteiger partial charge in [0.1, 0.15) is 11.4 Å². The van der Waals surface area contributed by atoms with Crippen LogP contribution in [0.3, 0.4) is 0 Å². The highest BCUT2D eigenvalue weighted by molar-refractivity contribution is 5.66. The molecule has 0 fully saturated rings. The summed E-state index contributed by atoms with van der Waals surface area (Å²) in [6, 6.07) is 6.91.